The van der Waals surface area contributed by atoms with E-state index in [0.29, 0.717) is 24.5 Å². The number of hydrogen-bond donors (Lipinski definition) is 3. The summed E-state index contributed by atoms with van der Waals surface area (Å²) < 4.78 is 33.4. The van der Waals surface area contributed by atoms with Gasteiger partial charge in [0.15, 0.2) is 0 Å². The van der Waals surface area contributed by atoms with Gasteiger partial charge in [0.05, 0.1) is 18.8 Å². The van der Waals surface area contributed by atoms with E-state index < -0.39 is 15.6 Å². The number of aliphatic hydroxyl groups is 1. The summed E-state index contributed by atoms with van der Waals surface area (Å²) in [5.41, 5.74) is 6.10. The Balaban J connectivity index is 2.47. The van der Waals surface area contributed by atoms with Crippen LogP contribution in [0.15, 0.2) is 17.0 Å². The van der Waals surface area contributed by atoms with Gasteiger partial charge >= 0.3 is 0 Å². The fourth-order valence-electron chi connectivity index (χ4n) is 2.27. The Morgan fingerprint density at radius 2 is 2.19 bits per heavy atom. The van der Waals surface area contributed by atoms with Crippen molar-refractivity contribution in [2.45, 2.75) is 43.5 Å². The Hall–Kier alpha value is -1.31. The standard InChI is InChI=1S/C14H22N2O4S/c1-3-14(2,9-17)16-21(18,19)12-8-11(15)7-10-5-4-6-20-13(10)12/h7-8,16-17H,3-6,9,15H2,1-2H3. The second kappa shape index (κ2) is 5.82. The van der Waals surface area contributed by atoms with Crippen LogP contribution in [0.2, 0.25) is 0 Å². The molecule has 0 spiro atoms. The molecule has 6 nitrogen and oxygen atoms in total. The molecule has 4 N–H and O–H groups in total. The van der Waals surface area contributed by atoms with Crippen LogP contribution in [-0.4, -0.2) is 32.3 Å². The van der Waals surface area contributed by atoms with E-state index in [2.05, 4.69) is 4.72 Å². The number of anilines is 1. The maximum atomic E-state index is 12.6. The third-order valence-corrected chi connectivity index (χ3v) is 5.43. The van der Waals surface area contributed by atoms with Gasteiger partial charge in [-0.05, 0) is 43.9 Å². The average molecular weight is 314 g/mol. The van der Waals surface area contributed by atoms with Crippen molar-refractivity contribution in [2.24, 2.45) is 0 Å². The lowest BCUT2D eigenvalue weighted by Gasteiger charge is -2.28. The Kier molecular flexibility index (Phi) is 4.46. The van der Waals surface area contributed by atoms with E-state index in [1.165, 1.54) is 6.07 Å². The highest BCUT2D eigenvalue weighted by molar-refractivity contribution is 7.89. The molecule has 7 heteroatoms. The van der Waals surface area contributed by atoms with Crippen molar-refractivity contribution >= 4 is 15.7 Å². The minimum absolute atomic E-state index is 0.0466. The lowest BCUT2D eigenvalue weighted by Crippen LogP contribution is -2.48. The maximum Gasteiger partial charge on any atom is 0.244 e. The molecule has 21 heavy (non-hydrogen) atoms. The number of nitrogens with two attached hydrogens (primary N) is 1. The lowest BCUT2D eigenvalue weighted by atomic mass is 10.0. The second-order valence-corrected chi connectivity index (χ2v) is 7.29. The number of aryl methyl sites for hydroxylation is 1. The van der Waals surface area contributed by atoms with E-state index in [1.54, 1.807) is 13.0 Å². The summed E-state index contributed by atoms with van der Waals surface area (Å²) in [6.45, 7) is 3.67. The fourth-order valence-corrected chi connectivity index (χ4v) is 3.96. The van der Waals surface area contributed by atoms with Crippen molar-refractivity contribution in [2.75, 3.05) is 18.9 Å². The highest BCUT2D eigenvalue weighted by atomic mass is 32.2. The molecule has 1 unspecified atom stereocenters. The topological polar surface area (TPSA) is 102 Å². The van der Waals surface area contributed by atoms with Crippen LogP contribution in [0.25, 0.3) is 0 Å². The van der Waals surface area contributed by atoms with Crippen LogP contribution in [0.4, 0.5) is 5.69 Å². The highest BCUT2D eigenvalue weighted by Crippen LogP contribution is 2.35. The minimum Gasteiger partial charge on any atom is -0.492 e. The number of nitrogens with one attached hydrogen (secondary N) is 1. The Labute approximate surface area is 125 Å². The van der Waals surface area contributed by atoms with Crippen molar-refractivity contribution in [1.82, 2.24) is 4.72 Å². The second-order valence-electron chi connectivity index (χ2n) is 5.64. The fraction of sp³-hybridized carbons (Fsp3) is 0.571. The molecular weight excluding hydrogens is 292 g/mol. The first-order chi connectivity index (χ1) is 9.81. The minimum atomic E-state index is -3.82. The largest absolute Gasteiger partial charge is 0.492 e. The van der Waals surface area contributed by atoms with Crippen molar-refractivity contribution in [3.05, 3.63) is 17.7 Å². The van der Waals surface area contributed by atoms with Crippen molar-refractivity contribution in [3.63, 3.8) is 0 Å². The number of benzene rings is 1. The van der Waals surface area contributed by atoms with Gasteiger partial charge < -0.3 is 15.6 Å². The first kappa shape index (κ1) is 16.1. The number of sulfonamides is 1. The van der Waals surface area contributed by atoms with E-state index in [0.717, 1.165) is 18.4 Å². The first-order valence-electron chi connectivity index (χ1n) is 7.01. The number of ether oxygens (including phenoxy) is 1. The van der Waals surface area contributed by atoms with E-state index in [9.17, 15) is 13.5 Å². The normalized spacial score (nSPS) is 17.7. The van der Waals surface area contributed by atoms with Crippen LogP contribution in [0.3, 0.4) is 0 Å². The van der Waals surface area contributed by atoms with Crippen LogP contribution in [0.5, 0.6) is 5.75 Å². The number of nitrogen functional groups attached to an aromatic ring is 1. The van der Waals surface area contributed by atoms with Crippen molar-refractivity contribution in [3.8, 4) is 5.75 Å². The molecule has 0 saturated heterocycles. The molecule has 1 aromatic carbocycles. The third kappa shape index (κ3) is 3.30. The maximum absolute atomic E-state index is 12.6. The Bertz CT molecular complexity index is 624. The van der Waals surface area contributed by atoms with E-state index >= 15 is 0 Å². The lowest BCUT2D eigenvalue weighted by molar-refractivity contribution is 0.191. The van der Waals surface area contributed by atoms with E-state index in [1.807, 2.05) is 6.92 Å². The molecule has 0 fully saturated rings. The van der Waals surface area contributed by atoms with Gasteiger partial charge in [0.2, 0.25) is 10.0 Å². The van der Waals surface area contributed by atoms with Gasteiger partial charge in [-0.25, -0.2) is 13.1 Å². The molecule has 0 bridgehead atoms. The molecule has 1 aliphatic rings. The van der Waals surface area contributed by atoms with Gasteiger partial charge in [-0.2, -0.15) is 0 Å². The molecule has 1 aliphatic heterocycles. The van der Waals surface area contributed by atoms with Gasteiger partial charge in [0, 0.05) is 5.69 Å². The first-order valence-corrected chi connectivity index (χ1v) is 8.49. The predicted octanol–water partition coefficient (Wildman–Crippen LogP) is 1.03. The summed E-state index contributed by atoms with van der Waals surface area (Å²) in [6.07, 6.45) is 2.05. The molecule has 0 aromatic heterocycles. The molecule has 2 rings (SSSR count). The number of rotatable bonds is 5. The summed E-state index contributed by atoms with van der Waals surface area (Å²) in [7, 11) is -3.82. The molecule has 0 saturated carbocycles. The molecule has 1 aromatic rings. The van der Waals surface area contributed by atoms with Gasteiger partial charge in [0.1, 0.15) is 10.6 Å². The molecule has 118 valence electrons. The SMILES string of the molecule is CCC(C)(CO)NS(=O)(=O)c1cc(N)cc2c1OCCC2. The number of fused-ring (bicyclic) bond motifs is 1. The zero-order chi connectivity index (χ0) is 15.7. The summed E-state index contributed by atoms with van der Waals surface area (Å²) in [5.74, 6) is 0.374. The zero-order valence-corrected chi connectivity index (χ0v) is 13.2. The number of hydrogen-bond acceptors (Lipinski definition) is 5. The van der Waals surface area contributed by atoms with Crippen LogP contribution in [0.1, 0.15) is 32.3 Å². The summed E-state index contributed by atoms with van der Waals surface area (Å²) >= 11 is 0. The molecule has 0 radical (unpaired) electrons. The van der Waals surface area contributed by atoms with Crippen molar-refractivity contribution < 1.29 is 18.3 Å². The Morgan fingerprint density at radius 3 is 2.81 bits per heavy atom. The average Bonchev–Trinajstić information content (AvgIpc) is 2.45. The Morgan fingerprint density at radius 1 is 1.48 bits per heavy atom. The molecule has 0 aliphatic carbocycles. The van der Waals surface area contributed by atoms with Crippen LogP contribution in [0, 0.1) is 0 Å². The quantitative estimate of drug-likeness (QED) is 0.705. The van der Waals surface area contributed by atoms with Gasteiger partial charge in [-0.1, -0.05) is 6.92 Å². The summed E-state index contributed by atoms with van der Waals surface area (Å²) in [6, 6.07) is 3.15. The van der Waals surface area contributed by atoms with Gasteiger partial charge in [0.25, 0.3) is 0 Å². The van der Waals surface area contributed by atoms with Crippen LogP contribution >= 0.6 is 0 Å². The molecular formula is C14H22N2O4S. The third-order valence-electron chi connectivity index (χ3n) is 3.79. The van der Waals surface area contributed by atoms with Crippen molar-refractivity contribution in [1.29, 1.82) is 0 Å². The zero-order valence-electron chi connectivity index (χ0n) is 12.3. The molecule has 1 heterocycles. The van der Waals surface area contributed by atoms with E-state index in [4.69, 9.17) is 10.5 Å². The smallest absolute Gasteiger partial charge is 0.244 e. The van der Waals surface area contributed by atoms with Gasteiger partial charge in [-0.3, -0.25) is 0 Å². The molecule has 0 amide bonds. The molecule has 1 atom stereocenters. The monoisotopic (exact) mass is 314 g/mol. The van der Waals surface area contributed by atoms with Crippen LogP contribution in [-0.2, 0) is 16.4 Å². The summed E-state index contributed by atoms with van der Waals surface area (Å²) in [4.78, 5) is 0.0466. The van der Waals surface area contributed by atoms with E-state index in [-0.39, 0.29) is 11.5 Å². The van der Waals surface area contributed by atoms with Gasteiger partial charge in [-0.15, -0.1) is 0 Å². The summed E-state index contributed by atoms with van der Waals surface area (Å²) in [5, 5.41) is 9.41. The highest BCUT2D eigenvalue weighted by Gasteiger charge is 2.32. The predicted molar refractivity (Wildman–Crippen MR) is 80.8 cm³/mol. The van der Waals surface area contributed by atoms with Crippen LogP contribution < -0.4 is 15.2 Å². The number of aliphatic hydroxyl groups excluding tert-OH is 1.